The maximum absolute atomic E-state index is 12.2. The van der Waals surface area contributed by atoms with Crippen molar-refractivity contribution in [1.29, 1.82) is 0 Å². The van der Waals surface area contributed by atoms with Gasteiger partial charge in [-0.3, -0.25) is 9.48 Å². The highest BCUT2D eigenvalue weighted by molar-refractivity contribution is 5.95. The fourth-order valence-electron chi connectivity index (χ4n) is 3.27. The van der Waals surface area contributed by atoms with E-state index in [1.54, 1.807) is 10.9 Å². The number of hydrogen-bond acceptors (Lipinski definition) is 4. The normalized spacial score (nSPS) is 24.4. The van der Waals surface area contributed by atoms with Crippen LogP contribution in [0.15, 0.2) is 6.20 Å². The number of nitrogens with zero attached hydrogens (tertiary/aromatic N) is 2. The molecule has 6 heteroatoms. The van der Waals surface area contributed by atoms with Gasteiger partial charge in [0.25, 0.3) is 5.91 Å². The molecule has 3 rings (SSSR count). The molecule has 1 saturated carbocycles. The van der Waals surface area contributed by atoms with E-state index in [4.69, 9.17) is 9.47 Å². The van der Waals surface area contributed by atoms with E-state index < -0.39 is 5.79 Å². The summed E-state index contributed by atoms with van der Waals surface area (Å²) >= 11 is 0. The van der Waals surface area contributed by atoms with Gasteiger partial charge in [-0.2, -0.15) is 5.10 Å². The van der Waals surface area contributed by atoms with E-state index in [0.29, 0.717) is 18.7 Å². The first-order chi connectivity index (χ1) is 10.6. The molecule has 1 aliphatic heterocycles. The monoisotopic (exact) mass is 307 g/mol. The zero-order valence-electron chi connectivity index (χ0n) is 13.4. The Hall–Kier alpha value is -1.40. The van der Waals surface area contributed by atoms with Crippen LogP contribution in [0.25, 0.3) is 0 Å². The first kappa shape index (κ1) is 15.5. The highest BCUT2D eigenvalue weighted by Gasteiger charge is 2.41. The van der Waals surface area contributed by atoms with Crippen LogP contribution in [0.3, 0.4) is 0 Å². The van der Waals surface area contributed by atoms with Gasteiger partial charge in [-0.05, 0) is 19.8 Å². The van der Waals surface area contributed by atoms with Crippen molar-refractivity contribution in [3.8, 4) is 0 Å². The molecular weight excluding hydrogens is 282 g/mol. The average molecular weight is 307 g/mol. The lowest BCUT2D eigenvalue weighted by Crippen LogP contribution is -2.36. The van der Waals surface area contributed by atoms with Crippen molar-refractivity contribution in [3.05, 3.63) is 17.5 Å². The minimum Gasteiger partial charge on any atom is -0.349 e. The van der Waals surface area contributed by atoms with E-state index in [0.717, 1.165) is 31.4 Å². The lowest BCUT2D eigenvalue weighted by Gasteiger charge is -2.26. The first-order valence-electron chi connectivity index (χ1n) is 8.18. The summed E-state index contributed by atoms with van der Waals surface area (Å²) in [5.74, 6) is -0.494. The van der Waals surface area contributed by atoms with Crippen molar-refractivity contribution in [2.45, 2.75) is 57.3 Å². The van der Waals surface area contributed by atoms with Gasteiger partial charge in [0.15, 0.2) is 5.79 Å². The van der Waals surface area contributed by atoms with Gasteiger partial charge in [-0.25, -0.2) is 0 Å². The standard InChI is InChI=1S/C16H25N3O3/c1-12-14(10-18-19(12)2)15(20)17-9-13-11-21-16(22-13)7-5-3-4-6-8-16/h10,13H,3-9,11H2,1-2H3,(H,17,20)/t13-/m1/s1. The Morgan fingerprint density at radius 1 is 1.41 bits per heavy atom. The fourth-order valence-corrected chi connectivity index (χ4v) is 3.27. The highest BCUT2D eigenvalue weighted by atomic mass is 16.7. The van der Waals surface area contributed by atoms with Crippen LogP contribution in [-0.4, -0.2) is 40.7 Å². The van der Waals surface area contributed by atoms with Crippen molar-refractivity contribution in [2.75, 3.05) is 13.2 Å². The van der Waals surface area contributed by atoms with Crippen LogP contribution in [0.4, 0.5) is 0 Å². The lowest BCUT2D eigenvalue weighted by atomic mass is 10.1. The summed E-state index contributed by atoms with van der Waals surface area (Å²) in [6.07, 6.45) is 8.33. The second-order valence-corrected chi connectivity index (χ2v) is 6.35. The number of nitrogens with one attached hydrogen (secondary N) is 1. The summed E-state index contributed by atoms with van der Waals surface area (Å²) in [4.78, 5) is 12.2. The molecule has 2 heterocycles. The van der Waals surface area contributed by atoms with Crippen molar-refractivity contribution >= 4 is 5.91 Å². The predicted octanol–water partition coefficient (Wildman–Crippen LogP) is 1.92. The minimum absolute atomic E-state index is 0.0565. The van der Waals surface area contributed by atoms with Gasteiger partial charge in [0.1, 0.15) is 6.10 Å². The van der Waals surface area contributed by atoms with Gasteiger partial charge >= 0.3 is 0 Å². The molecule has 1 aromatic heterocycles. The molecule has 122 valence electrons. The summed E-state index contributed by atoms with van der Waals surface area (Å²) in [5, 5.41) is 7.03. The van der Waals surface area contributed by atoms with Crippen molar-refractivity contribution in [2.24, 2.45) is 7.05 Å². The molecule has 22 heavy (non-hydrogen) atoms. The number of aromatic nitrogens is 2. The van der Waals surface area contributed by atoms with Crippen molar-refractivity contribution < 1.29 is 14.3 Å². The second-order valence-electron chi connectivity index (χ2n) is 6.35. The van der Waals surface area contributed by atoms with Gasteiger partial charge in [0.05, 0.1) is 18.4 Å². The molecule has 0 aromatic carbocycles. The number of carbonyl (C=O) groups is 1. The molecule has 0 unspecified atom stereocenters. The Morgan fingerprint density at radius 2 is 2.14 bits per heavy atom. The van der Waals surface area contributed by atoms with Crippen LogP contribution < -0.4 is 5.32 Å². The Bertz CT molecular complexity index is 533. The maximum Gasteiger partial charge on any atom is 0.254 e. The topological polar surface area (TPSA) is 65.4 Å². The van der Waals surface area contributed by atoms with Gasteiger partial charge in [-0.15, -0.1) is 0 Å². The molecule has 2 aliphatic rings. The highest BCUT2D eigenvalue weighted by Crippen LogP contribution is 2.36. The molecule has 0 bridgehead atoms. The summed E-state index contributed by atoms with van der Waals surface area (Å²) in [7, 11) is 1.83. The Balaban J connectivity index is 1.52. The van der Waals surface area contributed by atoms with Gasteiger partial charge in [0.2, 0.25) is 0 Å². The SMILES string of the molecule is Cc1c(C(=O)NC[C@@H]2COC3(CCCCCC3)O2)cnn1C. The Labute approximate surface area is 131 Å². The van der Waals surface area contributed by atoms with Crippen LogP contribution in [0.2, 0.25) is 0 Å². The molecule has 2 fully saturated rings. The molecule has 1 amide bonds. The molecule has 0 radical (unpaired) electrons. The van der Waals surface area contributed by atoms with Gasteiger partial charge < -0.3 is 14.8 Å². The lowest BCUT2D eigenvalue weighted by molar-refractivity contribution is -0.175. The summed E-state index contributed by atoms with van der Waals surface area (Å²) in [6, 6.07) is 0. The summed E-state index contributed by atoms with van der Waals surface area (Å²) in [5.41, 5.74) is 1.48. The number of aryl methyl sites for hydroxylation is 1. The third-order valence-corrected chi connectivity index (χ3v) is 4.75. The number of hydrogen-bond donors (Lipinski definition) is 1. The number of rotatable bonds is 3. The molecular formula is C16H25N3O3. The van der Waals surface area contributed by atoms with E-state index in [-0.39, 0.29) is 12.0 Å². The summed E-state index contributed by atoms with van der Waals surface area (Å²) < 4.78 is 13.8. The quantitative estimate of drug-likeness (QED) is 0.926. The Morgan fingerprint density at radius 3 is 2.77 bits per heavy atom. The summed E-state index contributed by atoms with van der Waals surface area (Å²) in [6.45, 7) is 2.93. The van der Waals surface area contributed by atoms with E-state index in [9.17, 15) is 4.79 Å². The van der Waals surface area contributed by atoms with Crippen LogP contribution in [-0.2, 0) is 16.5 Å². The largest absolute Gasteiger partial charge is 0.349 e. The van der Waals surface area contributed by atoms with E-state index >= 15 is 0 Å². The Kier molecular flexibility index (Phi) is 4.49. The zero-order valence-corrected chi connectivity index (χ0v) is 13.4. The van der Waals surface area contributed by atoms with Crippen molar-refractivity contribution in [1.82, 2.24) is 15.1 Å². The second kappa shape index (κ2) is 6.38. The maximum atomic E-state index is 12.2. The third kappa shape index (κ3) is 3.17. The van der Waals surface area contributed by atoms with Crippen LogP contribution in [0.5, 0.6) is 0 Å². The van der Waals surface area contributed by atoms with E-state index in [1.807, 2.05) is 14.0 Å². The molecule has 1 saturated heterocycles. The van der Waals surface area contributed by atoms with Gasteiger partial charge in [0, 0.05) is 32.1 Å². The number of amides is 1. The van der Waals surface area contributed by atoms with E-state index in [2.05, 4.69) is 10.4 Å². The molecule has 1 N–H and O–H groups in total. The zero-order chi connectivity index (χ0) is 15.6. The smallest absolute Gasteiger partial charge is 0.254 e. The average Bonchev–Trinajstić information content (AvgIpc) is 2.96. The number of ether oxygens (including phenoxy) is 2. The first-order valence-corrected chi connectivity index (χ1v) is 8.18. The molecule has 6 nitrogen and oxygen atoms in total. The molecule has 1 aromatic rings. The van der Waals surface area contributed by atoms with Gasteiger partial charge in [-0.1, -0.05) is 12.8 Å². The third-order valence-electron chi connectivity index (χ3n) is 4.75. The van der Waals surface area contributed by atoms with Crippen LogP contribution in [0, 0.1) is 6.92 Å². The van der Waals surface area contributed by atoms with Crippen LogP contribution in [0.1, 0.15) is 54.6 Å². The molecule has 1 spiro atoms. The van der Waals surface area contributed by atoms with Crippen LogP contribution >= 0.6 is 0 Å². The fraction of sp³-hybridized carbons (Fsp3) is 0.750. The predicted molar refractivity (Wildman–Crippen MR) is 81.5 cm³/mol. The van der Waals surface area contributed by atoms with E-state index in [1.165, 1.54) is 12.8 Å². The molecule has 1 aliphatic carbocycles. The molecule has 1 atom stereocenters. The van der Waals surface area contributed by atoms with Crippen molar-refractivity contribution in [3.63, 3.8) is 0 Å². The number of carbonyl (C=O) groups excluding carboxylic acids is 1. The minimum atomic E-state index is -0.393.